The number of anilines is 1. The highest BCUT2D eigenvalue weighted by Crippen LogP contribution is 2.35. The summed E-state index contributed by atoms with van der Waals surface area (Å²) >= 11 is 0. The van der Waals surface area contributed by atoms with Crippen molar-refractivity contribution in [2.75, 3.05) is 30.8 Å². The van der Waals surface area contributed by atoms with Crippen LogP contribution in [0, 0.1) is 0 Å². The predicted molar refractivity (Wildman–Crippen MR) is 103 cm³/mol. The first kappa shape index (κ1) is 17.7. The Morgan fingerprint density at radius 3 is 2.78 bits per heavy atom. The molecule has 0 radical (unpaired) electrons. The third kappa shape index (κ3) is 3.71. The third-order valence-electron chi connectivity index (χ3n) is 4.62. The molecule has 0 amide bonds. The SMILES string of the molecule is NC(=NCC1CS(=O)(=O)c2ccccc21)Nc1ccc2c(c1)OCCCO2. The van der Waals surface area contributed by atoms with E-state index in [9.17, 15) is 8.42 Å². The molecule has 2 aromatic rings. The van der Waals surface area contributed by atoms with Gasteiger partial charge in [-0.2, -0.15) is 0 Å². The van der Waals surface area contributed by atoms with E-state index < -0.39 is 9.84 Å². The number of aliphatic imine (C=N–C) groups is 1. The molecule has 2 aromatic carbocycles. The van der Waals surface area contributed by atoms with E-state index in [0.717, 1.165) is 17.7 Å². The van der Waals surface area contributed by atoms with Crippen molar-refractivity contribution in [2.45, 2.75) is 17.2 Å². The summed E-state index contributed by atoms with van der Waals surface area (Å²) < 4.78 is 35.8. The van der Waals surface area contributed by atoms with Crippen molar-refractivity contribution in [3.63, 3.8) is 0 Å². The quantitative estimate of drug-likeness (QED) is 0.618. The number of sulfone groups is 1. The van der Waals surface area contributed by atoms with E-state index in [0.29, 0.717) is 36.2 Å². The Bertz CT molecular complexity index is 988. The Hall–Kier alpha value is -2.74. The van der Waals surface area contributed by atoms with Crippen molar-refractivity contribution < 1.29 is 17.9 Å². The lowest BCUT2D eigenvalue weighted by Crippen LogP contribution is -2.24. The Labute approximate surface area is 158 Å². The maximum atomic E-state index is 12.2. The van der Waals surface area contributed by atoms with Gasteiger partial charge in [-0.15, -0.1) is 0 Å². The molecule has 1 atom stereocenters. The molecule has 0 aliphatic carbocycles. The molecule has 2 heterocycles. The number of fused-ring (bicyclic) bond motifs is 2. The van der Waals surface area contributed by atoms with E-state index in [1.807, 2.05) is 30.3 Å². The lowest BCUT2D eigenvalue weighted by molar-refractivity contribution is 0.297. The van der Waals surface area contributed by atoms with Crippen LogP contribution >= 0.6 is 0 Å². The van der Waals surface area contributed by atoms with Crippen molar-refractivity contribution >= 4 is 21.5 Å². The van der Waals surface area contributed by atoms with Gasteiger partial charge in [0.2, 0.25) is 0 Å². The lowest BCUT2D eigenvalue weighted by Gasteiger charge is -2.11. The zero-order valence-electron chi connectivity index (χ0n) is 14.7. The Morgan fingerprint density at radius 1 is 1.15 bits per heavy atom. The Balaban J connectivity index is 1.46. The molecule has 0 saturated carbocycles. The summed E-state index contributed by atoms with van der Waals surface area (Å²) in [6.07, 6.45) is 0.840. The van der Waals surface area contributed by atoms with Crippen LogP contribution in [-0.2, 0) is 9.84 Å². The number of hydrogen-bond acceptors (Lipinski definition) is 5. The molecule has 27 heavy (non-hydrogen) atoms. The minimum Gasteiger partial charge on any atom is -0.490 e. The topological polar surface area (TPSA) is 103 Å². The lowest BCUT2D eigenvalue weighted by atomic mass is 10.0. The van der Waals surface area contributed by atoms with Gasteiger partial charge in [-0.05, 0) is 23.8 Å². The van der Waals surface area contributed by atoms with Gasteiger partial charge in [-0.3, -0.25) is 4.99 Å². The van der Waals surface area contributed by atoms with Crippen molar-refractivity contribution in [2.24, 2.45) is 10.7 Å². The molecular weight excluding hydrogens is 366 g/mol. The van der Waals surface area contributed by atoms with Crippen molar-refractivity contribution in [1.82, 2.24) is 0 Å². The number of nitrogens with zero attached hydrogens (tertiary/aromatic N) is 1. The molecule has 7 nitrogen and oxygen atoms in total. The third-order valence-corrected chi connectivity index (χ3v) is 6.50. The zero-order valence-corrected chi connectivity index (χ0v) is 15.5. The van der Waals surface area contributed by atoms with Crippen LogP contribution < -0.4 is 20.5 Å². The van der Waals surface area contributed by atoms with Gasteiger partial charge < -0.3 is 20.5 Å². The van der Waals surface area contributed by atoms with Gasteiger partial charge in [-0.1, -0.05) is 18.2 Å². The summed E-state index contributed by atoms with van der Waals surface area (Å²) in [6, 6.07) is 12.6. The van der Waals surface area contributed by atoms with Crippen LogP contribution in [0.15, 0.2) is 52.4 Å². The fourth-order valence-electron chi connectivity index (χ4n) is 3.33. The van der Waals surface area contributed by atoms with Crippen LogP contribution in [0.2, 0.25) is 0 Å². The van der Waals surface area contributed by atoms with Crippen molar-refractivity contribution in [3.8, 4) is 11.5 Å². The van der Waals surface area contributed by atoms with Crippen molar-refractivity contribution in [1.29, 1.82) is 0 Å². The molecule has 0 bridgehead atoms. The highest BCUT2D eigenvalue weighted by molar-refractivity contribution is 7.91. The van der Waals surface area contributed by atoms with E-state index in [1.165, 1.54) is 0 Å². The molecule has 0 aromatic heterocycles. The molecule has 0 spiro atoms. The predicted octanol–water partition coefficient (Wildman–Crippen LogP) is 2.15. The van der Waals surface area contributed by atoms with Gasteiger partial charge >= 0.3 is 0 Å². The molecule has 0 fully saturated rings. The fraction of sp³-hybridized carbons (Fsp3) is 0.316. The number of hydrogen-bond donors (Lipinski definition) is 2. The summed E-state index contributed by atoms with van der Waals surface area (Å²) in [5.74, 6) is 1.48. The number of nitrogens with one attached hydrogen (secondary N) is 1. The van der Waals surface area contributed by atoms with Gasteiger partial charge in [0.05, 0.1) is 30.4 Å². The minimum atomic E-state index is -3.24. The van der Waals surface area contributed by atoms with Crippen LogP contribution in [0.3, 0.4) is 0 Å². The average molecular weight is 387 g/mol. The molecule has 4 rings (SSSR count). The van der Waals surface area contributed by atoms with E-state index >= 15 is 0 Å². The number of guanidine groups is 1. The van der Waals surface area contributed by atoms with Crippen LogP contribution in [0.5, 0.6) is 11.5 Å². The second-order valence-electron chi connectivity index (χ2n) is 6.58. The number of rotatable bonds is 3. The van der Waals surface area contributed by atoms with Gasteiger partial charge in [0.1, 0.15) is 0 Å². The summed E-state index contributed by atoms with van der Waals surface area (Å²) in [4.78, 5) is 4.75. The molecule has 0 saturated heterocycles. The maximum Gasteiger partial charge on any atom is 0.193 e. The van der Waals surface area contributed by atoms with Crippen LogP contribution in [0.1, 0.15) is 17.9 Å². The van der Waals surface area contributed by atoms with E-state index in [2.05, 4.69) is 10.3 Å². The maximum absolute atomic E-state index is 12.2. The van der Waals surface area contributed by atoms with E-state index in [1.54, 1.807) is 12.1 Å². The van der Waals surface area contributed by atoms with Gasteiger partial charge in [-0.25, -0.2) is 8.42 Å². The molecule has 3 N–H and O–H groups in total. The normalized spacial score (nSPS) is 20.6. The van der Waals surface area contributed by atoms with Crippen LogP contribution in [0.4, 0.5) is 5.69 Å². The summed E-state index contributed by atoms with van der Waals surface area (Å²) in [7, 11) is -3.24. The van der Waals surface area contributed by atoms with Crippen LogP contribution in [0.25, 0.3) is 0 Å². The first-order valence-corrected chi connectivity index (χ1v) is 10.5. The smallest absolute Gasteiger partial charge is 0.193 e. The zero-order chi connectivity index (χ0) is 18.9. The second-order valence-corrected chi connectivity index (χ2v) is 8.58. The second kappa shape index (κ2) is 7.11. The van der Waals surface area contributed by atoms with Gasteiger partial charge in [0.15, 0.2) is 27.3 Å². The Kier molecular flexibility index (Phi) is 4.65. The largest absolute Gasteiger partial charge is 0.490 e. The van der Waals surface area contributed by atoms with Crippen molar-refractivity contribution in [3.05, 3.63) is 48.0 Å². The number of nitrogens with two attached hydrogens (primary N) is 1. The number of benzene rings is 2. The number of ether oxygens (including phenoxy) is 2. The molecule has 8 heteroatoms. The average Bonchev–Trinajstić information content (AvgIpc) is 2.80. The van der Waals surface area contributed by atoms with Gasteiger partial charge in [0, 0.05) is 24.1 Å². The highest BCUT2D eigenvalue weighted by Gasteiger charge is 2.34. The summed E-state index contributed by atoms with van der Waals surface area (Å²) in [5, 5.41) is 3.02. The van der Waals surface area contributed by atoms with Gasteiger partial charge in [0.25, 0.3) is 0 Å². The minimum absolute atomic E-state index is 0.0626. The molecule has 2 aliphatic rings. The standard InChI is InChI=1S/C19H21N3O4S/c20-19(22-14-6-7-16-17(10-14)26-9-3-8-25-16)21-11-13-12-27(23,24)18-5-2-1-4-15(13)18/h1-2,4-7,10,13H,3,8-9,11-12H2,(H3,20,21,22). The van der Waals surface area contributed by atoms with Crippen LogP contribution in [-0.4, -0.2) is 39.9 Å². The summed E-state index contributed by atoms with van der Waals surface area (Å²) in [6.45, 7) is 1.55. The monoisotopic (exact) mass is 387 g/mol. The first-order valence-electron chi connectivity index (χ1n) is 8.81. The van der Waals surface area contributed by atoms with E-state index in [-0.39, 0.29) is 17.6 Å². The first-order chi connectivity index (χ1) is 13.0. The Morgan fingerprint density at radius 2 is 1.93 bits per heavy atom. The highest BCUT2D eigenvalue weighted by atomic mass is 32.2. The van der Waals surface area contributed by atoms with E-state index in [4.69, 9.17) is 15.2 Å². The fourth-order valence-corrected chi connectivity index (χ4v) is 5.21. The molecule has 2 aliphatic heterocycles. The molecule has 142 valence electrons. The molecule has 1 unspecified atom stereocenters. The molecular formula is C19H21N3O4S. The summed E-state index contributed by atoms with van der Waals surface area (Å²) in [5.41, 5.74) is 7.54.